The lowest BCUT2D eigenvalue weighted by atomic mass is 10.2. The Bertz CT molecular complexity index is 874. The first-order valence-corrected chi connectivity index (χ1v) is 10.0. The van der Waals surface area contributed by atoms with Gasteiger partial charge in [0.2, 0.25) is 5.13 Å². The molecule has 0 spiro atoms. The first-order chi connectivity index (χ1) is 12.6. The summed E-state index contributed by atoms with van der Waals surface area (Å²) in [4.78, 5) is 12.3. The number of nitrogens with one attached hydrogen (secondary N) is 1. The van der Waals surface area contributed by atoms with Crippen LogP contribution in [-0.4, -0.2) is 22.2 Å². The second-order valence-corrected chi connectivity index (χ2v) is 7.99. The Labute approximate surface area is 164 Å². The van der Waals surface area contributed by atoms with Crippen molar-refractivity contribution >= 4 is 45.7 Å². The van der Waals surface area contributed by atoms with Gasteiger partial charge in [0.05, 0.1) is 0 Å². The van der Waals surface area contributed by atoms with Crippen LogP contribution < -0.4 is 10.1 Å². The summed E-state index contributed by atoms with van der Waals surface area (Å²) in [5, 5.41) is 11.8. The number of halogens is 1. The average Bonchev–Trinajstić information content (AvgIpc) is 3.08. The molecule has 0 aliphatic rings. The molecule has 1 amide bonds. The van der Waals surface area contributed by atoms with Crippen molar-refractivity contribution in [3.8, 4) is 5.75 Å². The molecule has 1 atom stereocenters. The minimum atomic E-state index is -0.683. The molecule has 5 nitrogen and oxygen atoms in total. The molecular formula is C18H16ClN3O2S2. The number of hydrogen-bond acceptors (Lipinski definition) is 6. The Hall–Kier alpha value is -2.09. The van der Waals surface area contributed by atoms with E-state index in [-0.39, 0.29) is 5.91 Å². The summed E-state index contributed by atoms with van der Waals surface area (Å²) in [5.41, 5.74) is 1.21. The maximum atomic E-state index is 12.3. The fourth-order valence-corrected chi connectivity index (χ4v) is 3.93. The number of amides is 1. The third-order valence-electron chi connectivity index (χ3n) is 3.32. The molecule has 0 fully saturated rings. The smallest absolute Gasteiger partial charge is 0.266 e. The molecule has 1 N–H and O–H groups in total. The Morgan fingerprint density at radius 2 is 2.04 bits per heavy atom. The van der Waals surface area contributed by atoms with E-state index in [0.29, 0.717) is 15.9 Å². The number of carbonyl (C=O) groups excluding carboxylic acids is 1. The fraction of sp³-hybridized carbons (Fsp3) is 0.167. The van der Waals surface area contributed by atoms with E-state index in [1.54, 1.807) is 43.0 Å². The molecule has 1 aromatic heterocycles. The van der Waals surface area contributed by atoms with Gasteiger partial charge in [0, 0.05) is 10.8 Å². The second-order valence-electron chi connectivity index (χ2n) is 5.35. The average molecular weight is 406 g/mol. The number of rotatable bonds is 7. The van der Waals surface area contributed by atoms with Gasteiger partial charge in [-0.25, -0.2) is 0 Å². The molecular weight excluding hydrogens is 390 g/mol. The van der Waals surface area contributed by atoms with Crippen LogP contribution in [0.3, 0.4) is 0 Å². The molecule has 0 aliphatic carbocycles. The van der Waals surface area contributed by atoms with E-state index in [0.717, 1.165) is 10.1 Å². The molecule has 3 aromatic rings. The summed E-state index contributed by atoms with van der Waals surface area (Å²) in [7, 11) is 0. The largest absolute Gasteiger partial charge is 0.481 e. The van der Waals surface area contributed by atoms with Crippen LogP contribution in [-0.2, 0) is 10.5 Å². The minimum absolute atomic E-state index is 0.291. The van der Waals surface area contributed by atoms with Gasteiger partial charge in [0.1, 0.15) is 5.75 Å². The van der Waals surface area contributed by atoms with Crippen molar-refractivity contribution in [2.45, 2.75) is 23.1 Å². The number of ether oxygens (including phenoxy) is 1. The Kier molecular flexibility index (Phi) is 6.49. The molecule has 8 heteroatoms. The molecule has 1 unspecified atom stereocenters. The lowest BCUT2D eigenvalue weighted by molar-refractivity contribution is -0.122. The van der Waals surface area contributed by atoms with E-state index in [9.17, 15) is 4.79 Å². The zero-order valence-electron chi connectivity index (χ0n) is 13.9. The molecule has 0 radical (unpaired) electrons. The minimum Gasteiger partial charge on any atom is -0.481 e. The number of anilines is 1. The van der Waals surface area contributed by atoms with Crippen LogP contribution in [0.5, 0.6) is 5.75 Å². The van der Waals surface area contributed by atoms with Crippen molar-refractivity contribution in [2.75, 3.05) is 5.32 Å². The number of nitrogens with zero attached hydrogens (tertiary/aromatic N) is 2. The van der Waals surface area contributed by atoms with Crippen LogP contribution >= 0.6 is 34.7 Å². The SMILES string of the molecule is CC(Oc1cccc(Cl)c1)C(=O)Nc1nnc(SCc2ccccc2)s1. The van der Waals surface area contributed by atoms with Gasteiger partial charge in [-0.1, -0.05) is 71.1 Å². The van der Waals surface area contributed by atoms with E-state index in [4.69, 9.17) is 16.3 Å². The van der Waals surface area contributed by atoms with Gasteiger partial charge >= 0.3 is 0 Å². The van der Waals surface area contributed by atoms with Crippen LogP contribution in [0.15, 0.2) is 58.9 Å². The van der Waals surface area contributed by atoms with Crippen molar-refractivity contribution in [1.82, 2.24) is 10.2 Å². The van der Waals surface area contributed by atoms with Gasteiger partial charge in [-0.15, -0.1) is 10.2 Å². The number of thioether (sulfide) groups is 1. The van der Waals surface area contributed by atoms with Crippen LogP contribution in [0, 0.1) is 0 Å². The van der Waals surface area contributed by atoms with Gasteiger partial charge in [-0.3, -0.25) is 10.1 Å². The zero-order chi connectivity index (χ0) is 18.4. The fourth-order valence-electron chi connectivity index (χ4n) is 2.04. The predicted molar refractivity (Wildman–Crippen MR) is 106 cm³/mol. The van der Waals surface area contributed by atoms with E-state index in [1.165, 1.54) is 16.9 Å². The van der Waals surface area contributed by atoms with E-state index >= 15 is 0 Å². The first-order valence-electron chi connectivity index (χ1n) is 7.83. The summed E-state index contributed by atoms with van der Waals surface area (Å²) >= 11 is 8.84. The van der Waals surface area contributed by atoms with E-state index in [1.807, 2.05) is 18.2 Å². The van der Waals surface area contributed by atoms with Crippen LogP contribution in [0.25, 0.3) is 0 Å². The highest BCUT2D eigenvalue weighted by Crippen LogP contribution is 2.28. The van der Waals surface area contributed by atoms with Gasteiger partial charge in [0.25, 0.3) is 5.91 Å². The van der Waals surface area contributed by atoms with Gasteiger partial charge in [-0.05, 0) is 30.7 Å². The van der Waals surface area contributed by atoms with Crippen molar-refractivity contribution in [1.29, 1.82) is 0 Å². The Morgan fingerprint density at radius 3 is 2.81 bits per heavy atom. The van der Waals surface area contributed by atoms with E-state index in [2.05, 4.69) is 27.6 Å². The van der Waals surface area contributed by atoms with Crippen molar-refractivity contribution in [2.24, 2.45) is 0 Å². The van der Waals surface area contributed by atoms with Gasteiger partial charge in [-0.2, -0.15) is 0 Å². The van der Waals surface area contributed by atoms with Gasteiger partial charge < -0.3 is 4.74 Å². The molecule has 0 saturated carbocycles. The summed E-state index contributed by atoms with van der Waals surface area (Å²) in [6.07, 6.45) is -0.683. The number of carbonyl (C=O) groups is 1. The Balaban J connectivity index is 1.52. The molecule has 2 aromatic carbocycles. The van der Waals surface area contributed by atoms with Gasteiger partial charge in [0.15, 0.2) is 10.4 Å². The normalized spacial score (nSPS) is 11.8. The number of aromatic nitrogens is 2. The van der Waals surface area contributed by atoms with Crippen LogP contribution in [0.2, 0.25) is 5.02 Å². The predicted octanol–water partition coefficient (Wildman–Crippen LogP) is 4.89. The molecule has 1 heterocycles. The highest BCUT2D eigenvalue weighted by Gasteiger charge is 2.17. The molecule has 0 saturated heterocycles. The first kappa shape index (κ1) is 18.7. The standard InChI is InChI=1S/C18H16ClN3O2S2/c1-12(24-15-9-5-8-14(19)10-15)16(23)20-17-21-22-18(26-17)25-11-13-6-3-2-4-7-13/h2-10,12H,11H2,1H3,(H,20,21,23). The molecule has 134 valence electrons. The third kappa shape index (κ3) is 5.45. The molecule has 0 bridgehead atoms. The van der Waals surface area contributed by atoms with E-state index < -0.39 is 6.10 Å². The van der Waals surface area contributed by atoms with Crippen molar-refractivity contribution in [3.05, 3.63) is 65.2 Å². The number of benzene rings is 2. The summed E-state index contributed by atoms with van der Waals surface area (Å²) < 4.78 is 6.39. The third-order valence-corrected chi connectivity index (χ3v) is 5.60. The highest BCUT2D eigenvalue weighted by molar-refractivity contribution is 8.00. The quantitative estimate of drug-likeness (QED) is 0.448. The van der Waals surface area contributed by atoms with Crippen molar-refractivity contribution in [3.63, 3.8) is 0 Å². The Morgan fingerprint density at radius 1 is 1.23 bits per heavy atom. The molecule has 3 rings (SSSR count). The maximum absolute atomic E-state index is 12.3. The zero-order valence-corrected chi connectivity index (χ0v) is 16.3. The highest BCUT2D eigenvalue weighted by atomic mass is 35.5. The lowest BCUT2D eigenvalue weighted by Gasteiger charge is -2.13. The second kappa shape index (κ2) is 9.02. The monoisotopic (exact) mass is 405 g/mol. The topological polar surface area (TPSA) is 64.1 Å². The number of hydrogen-bond donors (Lipinski definition) is 1. The van der Waals surface area contributed by atoms with Crippen LogP contribution in [0.1, 0.15) is 12.5 Å². The van der Waals surface area contributed by atoms with Crippen LogP contribution in [0.4, 0.5) is 5.13 Å². The molecule has 0 aliphatic heterocycles. The summed E-state index contributed by atoms with van der Waals surface area (Å²) in [6.45, 7) is 1.67. The summed E-state index contributed by atoms with van der Waals surface area (Å²) in [6, 6.07) is 17.0. The summed E-state index contributed by atoms with van der Waals surface area (Å²) in [5.74, 6) is 1.05. The van der Waals surface area contributed by atoms with Crippen molar-refractivity contribution < 1.29 is 9.53 Å². The molecule has 26 heavy (non-hydrogen) atoms. The maximum Gasteiger partial charge on any atom is 0.266 e. The lowest BCUT2D eigenvalue weighted by Crippen LogP contribution is -2.30.